The number of hydrogen-bond donors (Lipinski definition) is 2. The number of aryl methyl sites for hydroxylation is 1. The van der Waals surface area contributed by atoms with E-state index in [0.717, 1.165) is 10.1 Å². The second kappa shape index (κ2) is 8.63. The van der Waals surface area contributed by atoms with Crippen LogP contribution in [0.25, 0.3) is 0 Å². The van der Waals surface area contributed by atoms with Gasteiger partial charge in [-0.3, -0.25) is 9.59 Å². The first-order chi connectivity index (χ1) is 12.6. The van der Waals surface area contributed by atoms with Gasteiger partial charge in [-0.05, 0) is 47.5 Å². The van der Waals surface area contributed by atoms with E-state index in [9.17, 15) is 9.59 Å². The third-order valence-electron chi connectivity index (χ3n) is 3.44. The van der Waals surface area contributed by atoms with Crippen molar-refractivity contribution in [2.24, 2.45) is 7.05 Å². The number of nitrogens with one attached hydrogen (secondary N) is 2. The van der Waals surface area contributed by atoms with Gasteiger partial charge in [0.25, 0.3) is 5.91 Å². The lowest BCUT2D eigenvalue weighted by Gasteiger charge is -2.07. The average Bonchev–Trinajstić information content (AvgIpc) is 3.29. The van der Waals surface area contributed by atoms with Crippen molar-refractivity contribution >= 4 is 40.6 Å². The van der Waals surface area contributed by atoms with E-state index in [1.54, 1.807) is 17.8 Å². The van der Waals surface area contributed by atoms with Gasteiger partial charge in [-0.1, -0.05) is 0 Å². The molecule has 9 heteroatoms. The number of carbonyl (C=O) groups is 2. The van der Waals surface area contributed by atoms with Crippen LogP contribution in [0, 0.1) is 0 Å². The predicted octanol–water partition coefficient (Wildman–Crippen LogP) is 2.79. The Morgan fingerprint density at radius 2 is 2.04 bits per heavy atom. The van der Waals surface area contributed by atoms with E-state index in [1.165, 1.54) is 23.1 Å². The van der Waals surface area contributed by atoms with E-state index in [0.29, 0.717) is 17.8 Å². The SMILES string of the molecule is Cn1cnnc1Sc1ccc(NC(=O)CCNC(=O)c2ccsc2)cc1. The number of amides is 2. The van der Waals surface area contributed by atoms with Crippen molar-refractivity contribution in [1.29, 1.82) is 0 Å². The molecule has 0 saturated carbocycles. The number of nitrogens with zero attached hydrogens (tertiary/aromatic N) is 3. The van der Waals surface area contributed by atoms with Gasteiger partial charge in [0.05, 0.1) is 0 Å². The Bertz CT molecular complexity index is 875. The van der Waals surface area contributed by atoms with Crippen molar-refractivity contribution in [3.63, 3.8) is 0 Å². The molecule has 0 bridgehead atoms. The van der Waals surface area contributed by atoms with E-state index in [1.807, 2.05) is 41.3 Å². The zero-order chi connectivity index (χ0) is 18.4. The summed E-state index contributed by atoms with van der Waals surface area (Å²) < 4.78 is 1.84. The maximum absolute atomic E-state index is 12.0. The van der Waals surface area contributed by atoms with Crippen LogP contribution in [0.5, 0.6) is 0 Å². The molecule has 134 valence electrons. The first kappa shape index (κ1) is 18.2. The highest BCUT2D eigenvalue weighted by molar-refractivity contribution is 7.99. The summed E-state index contributed by atoms with van der Waals surface area (Å²) in [5, 5.41) is 17.8. The Labute approximate surface area is 158 Å². The summed E-state index contributed by atoms with van der Waals surface area (Å²) in [5.41, 5.74) is 1.33. The van der Waals surface area contributed by atoms with E-state index < -0.39 is 0 Å². The number of rotatable bonds is 7. The van der Waals surface area contributed by atoms with Crippen LogP contribution in [0.3, 0.4) is 0 Å². The molecule has 0 aliphatic rings. The lowest BCUT2D eigenvalue weighted by atomic mass is 10.3. The fourth-order valence-corrected chi connectivity index (χ4v) is 3.48. The largest absolute Gasteiger partial charge is 0.351 e. The minimum absolute atomic E-state index is 0.149. The molecule has 3 rings (SSSR count). The molecule has 26 heavy (non-hydrogen) atoms. The fraction of sp³-hybridized carbons (Fsp3) is 0.176. The fourth-order valence-electron chi connectivity index (χ4n) is 2.09. The van der Waals surface area contributed by atoms with Gasteiger partial charge < -0.3 is 15.2 Å². The molecule has 0 aliphatic carbocycles. The normalized spacial score (nSPS) is 10.5. The molecule has 0 aliphatic heterocycles. The predicted molar refractivity (Wildman–Crippen MR) is 101 cm³/mol. The number of thiophene rings is 1. The Hall–Kier alpha value is -2.65. The van der Waals surface area contributed by atoms with Gasteiger partial charge in [0.2, 0.25) is 5.91 Å². The van der Waals surface area contributed by atoms with Crippen LogP contribution < -0.4 is 10.6 Å². The quantitative estimate of drug-likeness (QED) is 0.651. The van der Waals surface area contributed by atoms with Gasteiger partial charge in [0.15, 0.2) is 5.16 Å². The second-order valence-electron chi connectivity index (χ2n) is 5.42. The lowest BCUT2D eigenvalue weighted by Crippen LogP contribution is -2.27. The summed E-state index contributed by atoms with van der Waals surface area (Å²) in [7, 11) is 1.88. The van der Waals surface area contributed by atoms with E-state index in [2.05, 4.69) is 20.8 Å². The summed E-state index contributed by atoms with van der Waals surface area (Å²) >= 11 is 2.96. The van der Waals surface area contributed by atoms with Gasteiger partial charge in [-0.25, -0.2) is 0 Å². The summed E-state index contributed by atoms with van der Waals surface area (Å²) in [6.45, 7) is 0.292. The van der Waals surface area contributed by atoms with Crippen molar-refractivity contribution in [2.45, 2.75) is 16.5 Å². The highest BCUT2D eigenvalue weighted by Crippen LogP contribution is 2.26. The van der Waals surface area contributed by atoms with Crippen molar-refractivity contribution < 1.29 is 9.59 Å². The molecule has 0 radical (unpaired) electrons. The molecule has 2 amide bonds. The van der Waals surface area contributed by atoms with Gasteiger partial charge in [-0.2, -0.15) is 11.3 Å². The first-order valence-electron chi connectivity index (χ1n) is 7.84. The number of anilines is 1. The number of aromatic nitrogens is 3. The molecular formula is C17H17N5O2S2. The Balaban J connectivity index is 1.44. The molecule has 2 heterocycles. The van der Waals surface area contributed by atoms with Crippen LogP contribution in [-0.2, 0) is 11.8 Å². The average molecular weight is 387 g/mol. The minimum atomic E-state index is -0.163. The van der Waals surface area contributed by atoms with Crippen molar-refractivity contribution in [3.05, 3.63) is 53.0 Å². The zero-order valence-electron chi connectivity index (χ0n) is 14.0. The molecule has 2 N–H and O–H groups in total. The highest BCUT2D eigenvalue weighted by atomic mass is 32.2. The summed E-state index contributed by atoms with van der Waals surface area (Å²) in [6.07, 6.45) is 1.86. The van der Waals surface area contributed by atoms with Crippen molar-refractivity contribution in [1.82, 2.24) is 20.1 Å². The van der Waals surface area contributed by atoms with E-state index in [4.69, 9.17) is 0 Å². The summed E-state index contributed by atoms with van der Waals surface area (Å²) in [5.74, 6) is -0.312. The van der Waals surface area contributed by atoms with Crippen molar-refractivity contribution in [2.75, 3.05) is 11.9 Å². The van der Waals surface area contributed by atoms with Crippen LogP contribution in [-0.4, -0.2) is 33.1 Å². The highest BCUT2D eigenvalue weighted by Gasteiger charge is 2.08. The third-order valence-corrected chi connectivity index (χ3v) is 5.18. The number of carbonyl (C=O) groups excluding carboxylic acids is 2. The number of benzene rings is 1. The third kappa shape index (κ3) is 4.93. The Morgan fingerprint density at radius 3 is 2.69 bits per heavy atom. The van der Waals surface area contributed by atoms with Crippen LogP contribution in [0.15, 0.2) is 57.5 Å². The Kier molecular flexibility index (Phi) is 6.03. The maximum Gasteiger partial charge on any atom is 0.252 e. The van der Waals surface area contributed by atoms with E-state index in [-0.39, 0.29) is 18.2 Å². The maximum atomic E-state index is 12.0. The monoisotopic (exact) mass is 387 g/mol. The van der Waals surface area contributed by atoms with Gasteiger partial charge in [0.1, 0.15) is 6.33 Å². The zero-order valence-corrected chi connectivity index (χ0v) is 15.6. The van der Waals surface area contributed by atoms with E-state index >= 15 is 0 Å². The number of hydrogen-bond acceptors (Lipinski definition) is 6. The van der Waals surface area contributed by atoms with Crippen LogP contribution in [0.4, 0.5) is 5.69 Å². The van der Waals surface area contributed by atoms with Gasteiger partial charge in [-0.15, -0.1) is 10.2 Å². The van der Waals surface area contributed by atoms with Crippen molar-refractivity contribution in [3.8, 4) is 0 Å². The molecular weight excluding hydrogens is 370 g/mol. The molecule has 0 saturated heterocycles. The van der Waals surface area contributed by atoms with Crippen LogP contribution in [0.2, 0.25) is 0 Å². The topological polar surface area (TPSA) is 88.9 Å². The molecule has 0 unspecified atom stereocenters. The second-order valence-corrected chi connectivity index (χ2v) is 7.24. The smallest absolute Gasteiger partial charge is 0.252 e. The summed E-state index contributed by atoms with van der Waals surface area (Å²) in [4.78, 5) is 24.8. The first-order valence-corrected chi connectivity index (χ1v) is 9.60. The Morgan fingerprint density at radius 1 is 1.23 bits per heavy atom. The van der Waals surface area contributed by atoms with Crippen LogP contribution in [0.1, 0.15) is 16.8 Å². The van der Waals surface area contributed by atoms with Crippen LogP contribution >= 0.6 is 23.1 Å². The molecule has 2 aromatic heterocycles. The molecule has 3 aromatic rings. The molecule has 1 aromatic carbocycles. The minimum Gasteiger partial charge on any atom is -0.351 e. The molecule has 7 nitrogen and oxygen atoms in total. The van der Waals surface area contributed by atoms with Gasteiger partial charge >= 0.3 is 0 Å². The molecule has 0 fully saturated rings. The standard InChI is InChI=1S/C17H17N5O2S2/c1-22-11-19-21-17(22)26-14-4-2-13(3-5-14)20-15(23)6-8-18-16(24)12-7-9-25-10-12/h2-5,7,9-11H,6,8H2,1H3,(H,18,24)(H,20,23). The lowest BCUT2D eigenvalue weighted by molar-refractivity contribution is -0.116. The molecule has 0 spiro atoms. The molecule has 0 atom stereocenters. The van der Waals surface area contributed by atoms with Gasteiger partial charge in [0, 0.05) is 41.5 Å². The summed E-state index contributed by atoms with van der Waals surface area (Å²) in [6, 6.07) is 9.24.